The van der Waals surface area contributed by atoms with E-state index in [1.807, 2.05) is 0 Å². The first-order valence-electron chi connectivity index (χ1n) is 8.17. The average Bonchev–Trinajstić information content (AvgIpc) is 3.09. The Hall–Kier alpha value is -3.03. The fourth-order valence-corrected chi connectivity index (χ4v) is 2.55. The summed E-state index contributed by atoms with van der Waals surface area (Å²) in [4.78, 5) is 29.1. The molecule has 3 rings (SSSR count). The van der Waals surface area contributed by atoms with Gasteiger partial charge in [0, 0.05) is 18.9 Å². The fourth-order valence-electron chi connectivity index (χ4n) is 2.55. The largest absolute Gasteiger partial charge is 0.354 e. The summed E-state index contributed by atoms with van der Waals surface area (Å²) in [6, 6.07) is 6.89. The van der Waals surface area contributed by atoms with Crippen LogP contribution in [0.25, 0.3) is 10.8 Å². The van der Waals surface area contributed by atoms with Gasteiger partial charge in [0.05, 0.1) is 5.39 Å². The van der Waals surface area contributed by atoms with E-state index >= 15 is 0 Å². The number of aryl methyl sites for hydroxylation is 1. The predicted octanol–water partition coefficient (Wildman–Crippen LogP) is 1.53. The van der Waals surface area contributed by atoms with Crippen molar-refractivity contribution in [2.45, 2.75) is 32.7 Å². The van der Waals surface area contributed by atoms with Gasteiger partial charge in [-0.05, 0) is 12.5 Å². The number of benzene rings is 1. The molecule has 0 aliphatic rings. The zero-order valence-electron chi connectivity index (χ0n) is 14.2. The maximum Gasteiger partial charge on any atom is 0.275 e. The number of fused-ring (bicyclic) bond motifs is 1. The second-order valence-corrected chi connectivity index (χ2v) is 5.64. The molecule has 1 aromatic carbocycles. The summed E-state index contributed by atoms with van der Waals surface area (Å²) in [5.74, 6) is 0.540. The lowest BCUT2D eigenvalue weighted by Crippen LogP contribution is -2.29. The average molecular weight is 341 g/mol. The van der Waals surface area contributed by atoms with E-state index < -0.39 is 0 Å². The number of carbonyl (C=O) groups excluding carboxylic acids is 1. The highest BCUT2D eigenvalue weighted by molar-refractivity contribution is 6.04. The van der Waals surface area contributed by atoms with Crippen molar-refractivity contribution >= 4 is 16.7 Å². The van der Waals surface area contributed by atoms with Crippen LogP contribution in [0.3, 0.4) is 0 Å². The molecule has 0 radical (unpaired) electrons. The fraction of sp³-hybridized carbons (Fsp3) is 0.353. The molecule has 0 unspecified atom stereocenters. The van der Waals surface area contributed by atoms with Crippen LogP contribution in [0.4, 0.5) is 0 Å². The highest BCUT2D eigenvalue weighted by Gasteiger charge is 2.17. The summed E-state index contributed by atoms with van der Waals surface area (Å²) in [5.41, 5.74) is -0.115. The molecule has 2 aromatic heterocycles. The third kappa shape index (κ3) is 3.42. The summed E-state index contributed by atoms with van der Waals surface area (Å²) in [6.07, 6.45) is 2.68. The Labute approximate surface area is 143 Å². The van der Waals surface area contributed by atoms with Crippen LogP contribution in [-0.4, -0.2) is 32.9 Å². The molecule has 0 saturated heterocycles. The molecule has 1 N–H and O–H groups in total. The van der Waals surface area contributed by atoms with Gasteiger partial charge in [-0.25, -0.2) is 4.68 Å². The van der Waals surface area contributed by atoms with Crippen molar-refractivity contribution in [3.63, 3.8) is 0 Å². The quantitative estimate of drug-likeness (QED) is 0.729. The molecule has 8 heteroatoms. The maximum atomic E-state index is 12.7. The molecule has 0 fully saturated rings. The minimum absolute atomic E-state index is 0.0449. The van der Waals surface area contributed by atoms with Crippen LogP contribution in [0.15, 0.2) is 33.6 Å². The monoisotopic (exact) mass is 341 g/mol. The molecule has 8 nitrogen and oxygen atoms in total. The number of aromatic nitrogens is 4. The topological polar surface area (TPSA) is 103 Å². The van der Waals surface area contributed by atoms with E-state index in [0.717, 1.165) is 12.8 Å². The molecular weight excluding hydrogens is 322 g/mol. The molecule has 0 aliphatic heterocycles. The highest BCUT2D eigenvalue weighted by atomic mass is 16.5. The molecule has 3 aromatic rings. The smallest absolute Gasteiger partial charge is 0.275 e. The Morgan fingerprint density at radius 1 is 1.28 bits per heavy atom. The van der Waals surface area contributed by atoms with Crippen LogP contribution in [-0.2, 0) is 13.0 Å². The number of amides is 1. The predicted molar refractivity (Wildman–Crippen MR) is 91.4 cm³/mol. The molecule has 130 valence electrons. The minimum atomic E-state index is -0.360. The van der Waals surface area contributed by atoms with Crippen molar-refractivity contribution in [1.29, 1.82) is 0 Å². The zero-order chi connectivity index (χ0) is 17.8. The zero-order valence-corrected chi connectivity index (χ0v) is 14.2. The second-order valence-electron chi connectivity index (χ2n) is 5.64. The third-order valence-electron chi connectivity index (χ3n) is 3.86. The normalized spacial score (nSPS) is 11.0. The van der Waals surface area contributed by atoms with Crippen molar-refractivity contribution in [3.05, 3.63) is 52.0 Å². The second kappa shape index (κ2) is 7.25. The van der Waals surface area contributed by atoms with E-state index in [1.54, 1.807) is 24.3 Å². The van der Waals surface area contributed by atoms with Crippen LogP contribution in [0.5, 0.6) is 0 Å². The van der Waals surface area contributed by atoms with Gasteiger partial charge in [0.25, 0.3) is 11.5 Å². The number of rotatable bonds is 6. The number of nitrogens with one attached hydrogen (secondary N) is 1. The van der Waals surface area contributed by atoms with Gasteiger partial charge in [-0.1, -0.05) is 36.7 Å². The van der Waals surface area contributed by atoms with E-state index in [-0.39, 0.29) is 23.7 Å². The Kier molecular flexibility index (Phi) is 4.87. The summed E-state index contributed by atoms with van der Waals surface area (Å²) in [7, 11) is 1.52. The summed E-state index contributed by atoms with van der Waals surface area (Å²) in [5, 5.41) is 11.6. The number of carbonyl (C=O) groups is 1. The van der Waals surface area contributed by atoms with Gasteiger partial charge >= 0.3 is 0 Å². The first-order valence-corrected chi connectivity index (χ1v) is 8.17. The van der Waals surface area contributed by atoms with Gasteiger partial charge in [0.2, 0.25) is 5.89 Å². The van der Waals surface area contributed by atoms with E-state index in [2.05, 4.69) is 27.5 Å². The molecule has 0 saturated carbocycles. The SMILES string of the molecule is CCCCc1nc(Cn2nc(C(=O)NC)c3ccccc3c2=O)no1. The van der Waals surface area contributed by atoms with E-state index in [9.17, 15) is 9.59 Å². The maximum absolute atomic E-state index is 12.7. The number of hydrogen-bond donors (Lipinski definition) is 1. The van der Waals surface area contributed by atoms with E-state index in [1.165, 1.54) is 11.7 Å². The molecule has 0 bridgehead atoms. The van der Waals surface area contributed by atoms with Crippen molar-refractivity contribution in [3.8, 4) is 0 Å². The third-order valence-corrected chi connectivity index (χ3v) is 3.86. The minimum Gasteiger partial charge on any atom is -0.354 e. The van der Waals surface area contributed by atoms with Crippen molar-refractivity contribution in [2.75, 3.05) is 7.05 Å². The van der Waals surface area contributed by atoms with Gasteiger partial charge in [0.1, 0.15) is 6.54 Å². The highest BCUT2D eigenvalue weighted by Crippen LogP contribution is 2.13. The first kappa shape index (κ1) is 16.8. The molecular formula is C17H19N5O3. The Bertz CT molecular complexity index is 960. The van der Waals surface area contributed by atoms with Crippen LogP contribution in [0.2, 0.25) is 0 Å². The van der Waals surface area contributed by atoms with Gasteiger partial charge in [-0.15, -0.1) is 0 Å². The molecule has 0 spiro atoms. The van der Waals surface area contributed by atoms with Gasteiger partial charge in [-0.2, -0.15) is 10.1 Å². The molecule has 0 atom stereocenters. The lowest BCUT2D eigenvalue weighted by molar-refractivity contribution is 0.0957. The van der Waals surface area contributed by atoms with Crippen LogP contribution >= 0.6 is 0 Å². The molecule has 1 amide bonds. The van der Waals surface area contributed by atoms with Crippen molar-refractivity contribution < 1.29 is 9.32 Å². The van der Waals surface area contributed by atoms with E-state index in [0.29, 0.717) is 28.9 Å². The first-order chi connectivity index (χ1) is 12.1. The van der Waals surface area contributed by atoms with Gasteiger partial charge < -0.3 is 9.84 Å². The van der Waals surface area contributed by atoms with Crippen LogP contribution in [0.1, 0.15) is 42.0 Å². The number of hydrogen-bond acceptors (Lipinski definition) is 6. The van der Waals surface area contributed by atoms with E-state index in [4.69, 9.17) is 4.52 Å². The number of unbranched alkanes of at least 4 members (excludes halogenated alkanes) is 1. The van der Waals surface area contributed by atoms with Crippen LogP contribution < -0.4 is 10.9 Å². The lowest BCUT2D eigenvalue weighted by atomic mass is 10.1. The van der Waals surface area contributed by atoms with Crippen molar-refractivity contribution in [2.24, 2.45) is 0 Å². The summed E-state index contributed by atoms with van der Waals surface area (Å²) in [6.45, 7) is 2.12. The summed E-state index contributed by atoms with van der Waals surface area (Å²) < 4.78 is 6.38. The summed E-state index contributed by atoms with van der Waals surface area (Å²) >= 11 is 0. The standard InChI is InChI=1S/C17H19N5O3/c1-3-4-9-14-19-13(21-25-14)10-22-17(24)12-8-6-5-7-11(12)15(20-22)16(23)18-2/h5-8H,3-4,9-10H2,1-2H3,(H,18,23). The molecule has 25 heavy (non-hydrogen) atoms. The van der Waals surface area contributed by atoms with Crippen LogP contribution in [0, 0.1) is 0 Å². The van der Waals surface area contributed by atoms with Crippen molar-refractivity contribution in [1.82, 2.24) is 25.2 Å². The molecule has 0 aliphatic carbocycles. The van der Waals surface area contributed by atoms with Gasteiger partial charge in [0.15, 0.2) is 11.5 Å². The lowest BCUT2D eigenvalue weighted by Gasteiger charge is -2.08. The molecule has 2 heterocycles. The van der Waals surface area contributed by atoms with Gasteiger partial charge in [-0.3, -0.25) is 9.59 Å². The Balaban J connectivity index is 2.01. The number of nitrogens with zero attached hydrogens (tertiary/aromatic N) is 4. The Morgan fingerprint density at radius 2 is 2.04 bits per heavy atom. The Morgan fingerprint density at radius 3 is 2.76 bits per heavy atom.